The van der Waals surface area contributed by atoms with Crippen molar-refractivity contribution >= 4 is 11.8 Å². The molecule has 1 aromatic rings. The van der Waals surface area contributed by atoms with Crippen LogP contribution in [0.4, 0.5) is 5.82 Å². The molecule has 1 aliphatic heterocycles. The van der Waals surface area contributed by atoms with Crippen LogP contribution in [0.3, 0.4) is 0 Å². The fourth-order valence-corrected chi connectivity index (χ4v) is 2.04. The summed E-state index contributed by atoms with van der Waals surface area (Å²) in [5.41, 5.74) is 1.87. The smallest absolute Gasteiger partial charge is 0.306 e. The van der Waals surface area contributed by atoms with Crippen LogP contribution in [0.5, 0.6) is 0 Å². The van der Waals surface area contributed by atoms with Crippen molar-refractivity contribution in [2.24, 2.45) is 5.92 Å². The van der Waals surface area contributed by atoms with Gasteiger partial charge >= 0.3 is 5.97 Å². The lowest BCUT2D eigenvalue weighted by Crippen LogP contribution is -2.36. The van der Waals surface area contributed by atoms with Crippen LogP contribution >= 0.6 is 0 Å². The summed E-state index contributed by atoms with van der Waals surface area (Å²) in [6, 6.07) is 0. The molecular formula is C12H17N3O2. The minimum absolute atomic E-state index is 0.203. The van der Waals surface area contributed by atoms with Crippen LogP contribution in [0, 0.1) is 19.8 Å². The highest BCUT2D eigenvalue weighted by molar-refractivity contribution is 5.70. The first-order valence-electron chi connectivity index (χ1n) is 5.86. The molecule has 1 saturated heterocycles. The fourth-order valence-electron chi connectivity index (χ4n) is 2.04. The Kier molecular flexibility index (Phi) is 3.26. The Morgan fingerprint density at radius 2 is 2.00 bits per heavy atom. The minimum Gasteiger partial charge on any atom is -0.481 e. The van der Waals surface area contributed by atoms with Crippen LogP contribution in [-0.2, 0) is 4.79 Å². The first-order valence-corrected chi connectivity index (χ1v) is 5.86. The van der Waals surface area contributed by atoms with E-state index >= 15 is 0 Å². The summed E-state index contributed by atoms with van der Waals surface area (Å²) >= 11 is 0. The van der Waals surface area contributed by atoms with E-state index < -0.39 is 5.97 Å². The van der Waals surface area contributed by atoms with Crippen molar-refractivity contribution in [1.29, 1.82) is 0 Å². The van der Waals surface area contributed by atoms with Crippen LogP contribution in [0.15, 0.2) is 6.20 Å². The van der Waals surface area contributed by atoms with Gasteiger partial charge in [0, 0.05) is 13.1 Å². The van der Waals surface area contributed by atoms with Crippen LogP contribution in [0.25, 0.3) is 0 Å². The molecule has 0 radical (unpaired) electrons. The molecule has 0 aromatic carbocycles. The number of carbonyl (C=O) groups is 1. The molecule has 92 valence electrons. The maximum Gasteiger partial charge on any atom is 0.306 e. The van der Waals surface area contributed by atoms with Crippen molar-refractivity contribution in [3.05, 3.63) is 17.6 Å². The van der Waals surface area contributed by atoms with Gasteiger partial charge in [0.15, 0.2) is 0 Å². The maximum absolute atomic E-state index is 10.8. The molecule has 0 unspecified atom stereocenters. The zero-order valence-corrected chi connectivity index (χ0v) is 10.2. The summed E-state index contributed by atoms with van der Waals surface area (Å²) in [5.74, 6) is -0.0292. The third-order valence-corrected chi connectivity index (χ3v) is 3.35. The van der Waals surface area contributed by atoms with Crippen LogP contribution < -0.4 is 4.90 Å². The Bertz CT molecular complexity index is 426. The Morgan fingerprint density at radius 3 is 2.53 bits per heavy atom. The normalized spacial score (nSPS) is 17.2. The number of hydrogen-bond donors (Lipinski definition) is 1. The van der Waals surface area contributed by atoms with Gasteiger partial charge in [-0.3, -0.25) is 9.78 Å². The average Bonchev–Trinajstić information content (AvgIpc) is 2.33. The summed E-state index contributed by atoms with van der Waals surface area (Å²) in [6.45, 7) is 5.36. The second kappa shape index (κ2) is 4.69. The highest BCUT2D eigenvalue weighted by Crippen LogP contribution is 2.21. The van der Waals surface area contributed by atoms with Gasteiger partial charge in [-0.05, 0) is 26.7 Å². The number of anilines is 1. The van der Waals surface area contributed by atoms with Gasteiger partial charge in [-0.25, -0.2) is 4.98 Å². The monoisotopic (exact) mass is 235 g/mol. The van der Waals surface area contributed by atoms with E-state index in [0.717, 1.165) is 30.3 Å². The van der Waals surface area contributed by atoms with E-state index in [4.69, 9.17) is 5.11 Å². The summed E-state index contributed by atoms with van der Waals surface area (Å²) in [7, 11) is 0. The molecule has 17 heavy (non-hydrogen) atoms. The largest absolute Gasteiger partial charge is 0.481 e. The van der Waals surface area contributed by atoms with Gasteiger partial charge in [0.1, 0.15) is 5.82 Å². The third-order valence-electron chi connectivity index (χ3n) is 3.35. The maximum atomic E-state index is 10.8. The topological polar surface area (TPSA) is 66.3 Å². The summed E-state index contributed by atoms with van der Waals surface area (Å²) < 4.78 is 0. The molecule has 1 aliphatic rings. The molecule has 1 N–H and O–H groups in total. The Labute approximate surface area is 100 Å². The lowest BCUT2D eigenvalue weighted by molar-refractivity contribution is -0.142. The van der Waals surface area contributed by atoms with E-state index in [1.165, 1.54) is 0 Å². The van der Waals surface area contributed by atoms with Crippen molar-refractivity contribution < 1.29 is 9.90 Å². The predicted octanol–water partition coefficient (Wildman–Crippen LogP) is 1.39. The second-order valence-electron chi connectivity index (χ2n) is 4.50. The van der Waals surface area contributed by atoms with E-state index in [0.29, 0.717) is 12.8 Å². The number of aliphatic carboxylic acids is 1. The number of carboxylic acids is 1. The molecule has 0 spiro atoms. The number of carboxylic acid groups (broad SMARTS) is 1. The molecule has 2 heterocycles. The summed E-state index contributed by atoms with van der Waals surface area (Å²) in [4.78, 5) is 21.7. The number of hydrogen-bond acceptors (Lipinski definition) is 4. The quantitative estimate of drug-likeness (QED) is 0.839. The molecule has 0 amide bonds. The van der Waals surface area contributed by atoms with Crippen LogP contribution in [0.1, 0.15) is 24.2 Å². The molecule has 0 bridgehead atoms. The van der Waals surface area contributed by atoms with Gasteiger partial charge in [-0.15, -0.1) is 0 Å². The van der Waals surface area contributed by atoms with E-state index in [1.54, 1.807) is 6.20 Å². The molecule has 1 aromatic heterocycles. The van der Waals surface area contributed by atoms with E-state index in [9.17, 15) is 4.79 Å². The summed E-state index contributed by atoms with van der Waals surface area (Å²) in [6.07, 6.45) is 3.14. The van der Waals surface area contributed by atoms with Crippen molar-refractivity contribution in [2.45, 2.75) is 26.7 Å². The second-order valence-corrected chi connectivity index (χ2v) is 4.50. The van der Waals surface area contributed by atoms with E-state index in [1.807, 2.05) is 13.8 Å². The van der Waals surface area contributed by atoms with Gasteiger partial charge in [0.25, 0.3) is 0 Å². The third kappa shape index (κ3) is 2.54. The predicted molar refractivity (Wildman–Crippen MR) is 64.1 cm³/mol. The van der Waals surface area contributed by atoms with Crippen molar-refractivity contribution in [2.75, 3.05) is 18.0 Å². The van der Waals surface area contributed by atoms with Gasteiger partial charge < -0.3 is 10.0 Å². The standard InChI is InChI=1S/C12H17N3O2/c1-8-9(2)14-11(7-13-8)15-5-3-10(4-6-15)12(16)17/h7,10H,3-6H2,1-2H3,(H,16,17). The van der Waals surface area contributed by atoms with Crippen LogP contribution in [-0.4, -0.2) is 34.1 Å². The molecule has 0 aliphatic carbocycles. The number of rotatable bonds is 2. The van der Waals surface area contributed by atoms with Gasteiger partial charge in [-0.2, -0.15) is 0 Å². The van der Waals surface area contributed by atoms with E-state index in [2.05, 4.69) is 14.9 Å². The number of aryl methyl sites for hydroxylation is 2. The molecular weight excluding hydrogens is 218 g/mol. The minimum atomic E-state index is -0.684. The highest BCUT2D eigenvalue weighted by atomic mass is 16.4. The molecule has 5 heteroatoms. The zero-order chi connectivity index (χ0) is 12.4. The van der Waals surface area contributed by atoms with Crippen molar-refractivity contribution in [3.8, 4) is 0 Å². The lowest BCUT2D eigenvalue weighted by Gasteiger charge is -2.30. The molecule has 5 nitrogen and oxygen atoms in total. The van der Waals surface area contributed by atoms with Gasteiger partial charge in [0.2, 0.25) is 0 Å². The van der Waals surface area contributed by atoms with Gasteiger partial charge in [-0.1, -0.05) is 0 Å². The average molecular weight is 235 g/mol. The number of nitrogens with zero attached hydrogens (tertiary/aromatic N) is 3. The SMILES string of the molecule is Cc1ncc(N2CCC(C(=O)O)CC2)nc1C. The van der Waals surface area contributed by atoms with Crippen molar-refractivity contribution in [1.82, 2.24) is 9.97 Å². The Hall–Kier alpha value is -1.65. The van der Waals surface area contributed by atoms with Crippen LogP contribution in [0.2, 0.25) is 0 Å². The number of aromatic nitrogens is 2. The first-order chi connectivity index (χ1) is 8.08. The molecule has 2 rings (SSSR count). The highest BCUT2D eigenvalue weighted by Gasteiger charge is 2.25. The van der Waals surface area contributed by atoms with Crippen molar-refractivity contribution in [3.63, 3.8) is 0 Å². The zero-order valence-electron chi connectivity index (χ0n) is 10.2. The van der Waals surface area contributed by atoms with E-state index in [-0.39, 0.29) is 5.92 Å². The Balaban J connectivity index is 2.05. The lowest BCUT2D eigenvalue weighted by atomic mass is 9.97. The summed E-state index contributed by atoms with van der Waals surface area (Å²) in [5, 5.41) is 8.93. The molecule has 0 saturated carbocycles. The number of piperidine rings is 1. The molecule has 1 fully saturated rings. The van der Waals surface area contributed by atoms with Gasteiger partial charge in [0.05, 0.1) is 23.5 Å². The Morgan fingerprint density at radius 1 is 1.35 bits per heavy atom. The molecule has 0 atom stereocenters. The fraction of sp³-hybridized carbons (Fsp3) is 0.583. The first kappa shape index (κ1) is 11.8.